The molecule has 0 aromatic carbocycles. The average molecular weight is 293 g/mol. The Bertz CT molecular complexity index is 432. The van der Waals surface area contributed by atoms with Crippen LogP contribution in [-0.4, -0.2) is 40.4 Å². The third-order valence-electron chi connectivity index (χ3n) is 5.36. The molecule has 21 heavy (non-hydrogen) atoms. The molecule has 0 radical (unpaired) electrons. The summed E-state index contributed by atoms with van der Waals surface area (Å²) in [6, 6.07) is 0.320. The minimum atomic E-state index is 0.184. The molecular formula is C16H31N5. The number of aryl methyl sites for hydroxylation is 2. The minimum Gasteiger partial charge on any atom is -0.302 e. The third kappa shape index (κ3) is 3.65. The fraction of sp³-hybridized carbons (Fsp3) is 0.812. The van der Waals surface area contributed by atoms with Gasteiger partial charge in [0.1, 0.15) is 0 Å². The van der Waals surface area contributed by atoms with Crippen LogP contribution in [0.1, 0.15) is 44.6 Å². The number of nitrogens with two attached hydrogens (primary N) is 1. The van der Waals surface area contributed by atoms with Crippen LogP contribution in [0.4, 0.5) is 0 Å². The van der Waals surface area contributed by atoms with Crippen LogP contribution in [-0.2, 0) is 13.5 Å². The Hall–Kier alpha value is -0.910. The molecule has 0 bridgehead atoms. The smallest absolute Gasteiger partial charge is 0.0521 e. The molecule has 1 aromatic rings. The number of nitrogens with zero attached hydrogens (tertiary/aromatic N) is 3. The summed E-state index contributed by atoms with van der Waals surface area (Å²) in [5.41, 5.74) is 4.59. The van der Waals surface area contributed by atoms with Crippen molar-refractivity contribution in [3.63, 3.8) is 0 Å². The van der Waals surface area contributed by atoms with E-state index in [1.807, 2.05) is 17.9 Å². The molecule has 1 unspecified atom stereocenters. The number of hydrazine groups is 1. The summed E-state index contributed by atoms with van der Waals surface area (Å²) < 4.78 is 1.87. The maximum atomic E-state index is 5.93. The Morgan fingerprint density at radius 1 is 1.48 bits per heavy atom. The molecule has 1 aliphatic rings. The molecule has 0 spiro atoms. The van der Waals surface area contributed by atoms with E-state index in [2.05, 4.69) is 42.6 Å². The molecule has 1 aliphatic carbocycles. The van der Waals surface area contributed by atoms with Gasteiger partial charge in [-0.2, -0.15) is 5.10 Å². The standard InChI is InChI=1S/C16H31N5/c1-13-7-9-16(10-8-13,20(2)3)15(19-17)6-5-14-11-18-21(4)12-14/h11-13,15,19H,5-10,17H2,1-4H3. The number of aromatic nitrogens is 2. The summed E-state index contributed by atoms with van der Waals surface area (Å²) in [6.45, 7) is 2.36. The Morgan fingerprint density at radius 3 is 2.62 bits per heavy atom. The first-order valence-corrected chi connectivity index (χ1v) is 8.09. The fourth-order valence-corrected chi connectivity index (χ4v) is 3.79. The van der Waals surface area contributed by atoms with Gasteiger partial charge in [0, 0.05) is 24.8 Å². The lowest BCUT2D eigenvalue weighted by Gasteiger charge is -2.49. The molecule has 5 nitrogen and oxygen atoms in total. The van der Waals surface area contributed by atoms with E-state index in [0.717, 1.165) is 18.8 Å². The highest BCUT2D eigenvalue weighted by Crippen LogP contribution is 2.38. The predicted octanol–water partition coefficient (Wildman–Crippen LogP) is 1.70. The number of nitrogens with one attached hydrogen (secondary N) is 1. The summed E-state index contributed by atoms with van der Waals surface area (Å²) in [4.78, 5) is 2.40. The van der Waals surface area contributed by atoms with Crippen LogP contribution in [0.3, 0.4) is 0 Å². The van der Waals surface area contributed by atoms with E-state index in [1.165, 1.54) is 31.2 Å². The normalized spacial score (nSPS) is 28.0. The van der Waals surface area contributed by atoms with Crippen LogP contribution >= 0.6 is 0 Å². The van der Waals surface area contributed by atoms with Crippen LogP contribution in [0, 0.1) is 5.92 Å². The van der Waals surface area contributed by atoms with Crippen molar-refractivity contribution >= 4 is 0 Å². The summed E-state index contributed by atoms with van der Waals surface area (Å²) >= 11 is 0. The highest BCUT2D eigenvalue weighted by Gasteiger charge is 2.42. The van der Waals surface area contributed by atoms with E-state index < -0.39 is 0 Å². The lowest BCUT2D eigenvalue weighted by Crippen LogP contribution is -2.62. The Labute approximate surface area is 128 Å². The lowest BCUT2D eigenvalue weighted by atomic mass is 9.71. The second-order valence-electron chi connectivity index (χ2n) is 6.96. The van der Waals surface area contributed by atoms with Gasteiger partial charge in [-0.15, -0.1) is 0 Å². The Balaban J connectivity index is 2.05. The topological polar surface area (TPSA) is 59.1 Å². The molecule has 2 rings (SSSR count). The van der Waals surface area contributed by atoms with Gasteiger partial charge in [-0.1, -0.05) is 6.92 Å². The summed E-state index contributed by atoms with van der Waals surface area (Å²) in [7, 11) is 6.36. The van der Waals surface area contributed by atoms with Crippen LogP contribution < -0.4 is 11.3 Å². The number of likely N-dealkylation sites (N-methyl/N-ethyl adjacent to an activating group) is 1. The molecule has 0 aliphatic heterocycles. The quantitative estimate of drug-likeness (QED) is 0.619. The molecule has 1 aromatic heterocycles. The maximum Gasteiger partial charge on any atom is 0.0521 e. The van der Waals surface area contributed by atoms with Crippen LogP contribution in [0.2, 0.25) is 0 Å². The van der Waals surface area contributed by atoms with Crippen molar-refractivity contribution in [3.8, 4) is 0 Å². The van der Waals surface area contributed by atoms with Crippen molar-refractivity contribution in [2.75, 3.05) is 14.1 Å². The zero-order valence-electron chi connectivity index (χ0n) is 14.0. The Morgan fingerprint density at radius 2 is 2.14 bits per heavy atom. The second kappa shape index (κ2) is 6.90. The average Bonchev–Trinajstić information content (AvgIpc) is 2.87. The van der Waals surface area contributed by atoms with Crippen molar-refractivity contribution < 1.29 is 0 Å². The highest BCUT2D eigenvalue weighted by molar-refractivity contribution is 5.07. The van der Waals surface area contributed by atoms with Gasteiger partial charge in [0.2, 0.25) is 0 Å². The van der Waals surface area contributed by atoms with E-state index in [-0.39, 0.29) is 5.54 Å². The number of rotatable bonds is 6. The monoisotopic (exact) mass is 293 g/mol. The Kier molecular flexibility index (Phi) is 5.41. The van der Waals surface area contributed by atoms with Crippen molar-refractivity contribution in [2.45, 2.75) is 57.0 Å². The van der Waals surface area contributed by atoms with E-state index in [4.69, 9.17) is 5.84 Å². The van der Waals surface area contributed by atoms with Crippen molar-refractivity contribution in [1.29, 1.82) is 0 Å². The molecule has 3 N–H and O–H groups in total. The minimum absolute atomic E-state index is 0.184. The van der Waals surface area contributed by atoms with Gasteiger partial charge in [-0.25, -0.2) is 0 Å². The molecule has 0 saturated heterocycles. The van der Waals surface area contributed by atoms with Crippen LogP contribution in [0.25, 0.3) is 0 Å². The van der Waals surface area contributed by atoms with Gasteiger partial charge >= 0.3 is 0 Å². The third-order valence-corrected chi connectivity index (χ3v) is 5.36. The highest BCUT2D eigenvalue weighted by atomic mass is 15.3. The van der Waals surface area contributed by atoms with Crippen molar-refractivity contribution in [1.82, 2.24) is 20.1 Å². The zero-order valence-corrected chi connectivity index (χ0v) is 14.0. The lowest BCUT2D eigenvalue weighted by molar-refractivity contribution is 0.0404. The SMILES string of the molecule is CC1CCC(C(CCc2cnn(C)c2)NN)(N(C)C)CC1. The predicted molar refractivity (Wildman–Crippen MR) is 86.7 cm³/mol. The first kappa shape index (κ1) is 16.5. The largest absolute Gasteiger partial charge is 0.302 e. The fourth-order valence-electron chi connectivity index (χ4n) is 3.79. The second-order valence-corrected chi connectivity index (χ2v) is 6.96. The molecule has 1 saturated carbocycles. The van der Waals surface area contributed by atoms with Gasteiger partial charge in [0.25, 0.3) is 0 Å². The first-order chi connectivity index (χ1) is 9.98. The van der Waals surface area contributed by atoms with Gasteiger partial charge in [0.15, 0.2) is 0 Å². The molecule has 120 valence electrons. The molecule has 1 fully saturated rings. The van der Waals surface area contributed by atoms with Crippen LogP contribution in [0.5, 0.6) is 0 Å². The van der Waals surface area contributed by atoms with Gasteiger partial charge in [-0.05, 0) is 64.1 Å². The van der Waals surface area contributed by atoms with E-state index >= 15 is 0 Å². The van der Waals surface area contributed by atoms with Gasteiger partial charge in [-0.3, -0.25) is 16.0 Å². The number of hydrogen-bond acceptors (Lipinski definition) is 4. The zero-order chi connectivity index (χ0) is 15.5. The van der Waals surface area contributed by atoms with Crippen LogP contribution in [0.15, 0.2) is 12.4 Å². The molecule has 0 amide bonds. The van der Waals surface area contributed by atoms with E-state index in [0.29, 0.717) is 6.04 Å². The van der Waals surface area contributed by atoms with Gasteiger partial charge < -0.3 is 4.90 Å². The molecule has 1 heterocycles. The molecule has 1 atom stereocenters. The molecule has 5 heteroatoms. The van der Waals surface area contributed by atoms with E-state index in [1.54, 1.807) is 0 Å². The van der Waals surface area contributed by atoms with Crippen molar-refractivity contribution in [2.24, 2.45) is 18.8 Å². The first-order valence-electron chi connectivity index (χ1n) is 8.09. The summed E-state index contributed by atoms with van der Waals surface area (Å²) in [6.07, 6.45) is 11.2. The molecular weight excluding hydrogens is 262 g/mol. The van der Waals surface area contributed by atoms with Crippen molar-refractivity contribution in [3.05, 3.63) is 18.0 Å². The maximum absolute atomic E-state index is 5.93. The van der Waals surface area contributed by atoms with Gasteiger partial charge in [0.05, 0.1) is 6.20 Å². The summed E-state index contributed by atoms with van der Waals surface area (Å²) in [5.74, 6) is 6.78. The number of hydrogen-bond donors (Lipinski definition) is 2. The van der Waals surface area contributed by atoms with E-state index in [9.17, 15) is 0 Å². The summed E-state index contributed by atoms with van der Waals surface area (Å²) in [5, 5.41) is 4.25.